The molecule has 1 aromatic carbocycles. The Hall–Kier alpha value is -1.35. The second kappa shape index (κ2) is 28.7. The highest BCUT2D eigenvalue weighted by atomic mass is 79.9. The molecule has 0 saturated carbocycles. The molecule has 0 atom stereocenters. The average molecular weight is 611 g/mol. The first-order valence-corrected chi connectivity index (χ1v) is 14.1. The second-order valence-corrected chi connectivity index (χ2v) is 8.37. The van der Waals surface area contributed by atoms with Gasteiger partial charge >= 0.3 is 6.09 Å². The van der Waals surface area contributed by atoms with Crippen molar-refractivity contribution in [2.45, 2.75) is 6.61 Å². The van der Waals surface area contributed by atoms with Crippen molar-refractivity contribution in [3.63, 3.8) is 0 Å². The SMILES string of the molecule is O=C(NCCOCCOCCOCCOCCOCCOCCOCCOCCBr)OCc1ccccc1. The van der Waals surface area contributed by atoms with E-state index in [-0.39, 0.29) is 6.61 Å². The lowest BCUT2D eigenvalue weighted by atomic mass is 10.2. The number of carbonyl (C=O) groups is 1. The summed E-state index contributed by atoms with van der Waals surface area (Å²) >= 11 is 3.29. The second-order valence-electron chi connectivity index (χ2n) is 7.58. The number of benzene rings is 1. The third-order valence-corrected chi connectivity index (χ3v) is 4.88. The average Bonchev–Trinajstić information content (AvgIpc) is 2.94. The summed E-state index contributed by atoms with van der Waals surface area (Å²) in [6, 6.07) is 9.51. The summed E-state index contributed by atoms with van der Waals surface area (Å²) in [5, 5.41) is 3.47. The zero-order valence-electron chi connectivity index (χ0n) is 22.3. The number of rotatable bonds is 28. The predicted octanol–water partition coefficient (Wildman–Crippen LogP) is 2.44. The fourth-order valence-electron chi connectivity index (χ4n) is 2.70. The number of alkyl carbamates (subject to hydrolysis) is 1. The van der Waals surface area contributed by atoms with E-state index in [1.807, 2.05) is 30.3 Å². The highest BCUT2D eigenvalue weighted by Gasteiger charge is 2.01. The van der Waals surface area contributed by atoms with Crippen LogP contribution >= 0.6 is 15.9 Å². The summed E-state index contributed by atoms with van der Waals surface area (Å²) < 4.78 is 48.3. The Morgan fingerprint density at radius 2 is 0.921 bits per heavy atom. The van der Waals surface area contributed by atoms with Crippen LogP contribution in [0.15, 0.2) is 30.3 Å². The molecule has 1 amide bonds. The molecule has 0 heterocycles. The van der Waals surface area contributed by atoms with Crippen molar-refractivity contribution in [3.8, 4) is 0 Å². The van der Waals surface area contributed by atoms with Crippen LogP contribution in [0.5, 0.6) is 0 Å². The van der Waals surface area contributed by atoms with Crippen molar-refractivity contribution in [3.05, 3.63) is 35.9 Å². The zero-order chi connectivity index (χ0) is 27.2. The number of alkyl halides is 1. The third-order valence-electron chi connectivity index (χ3n) is 4.55. The lowest BCUT2D eigenvalue weighted by Gasteiger charge is -2.09. The Labute approximate surface area is 234 Å². The van der Waals surface area contributed by atoms with E-state index in [4.69, 9.17) is 42.6 Å². The lowest BCUT2D eigenvalue weighted by Crippen LogP contribution is -2.28. The molecule has 0 radical (unpaired) electrons. The van der Waals surface area contributed by atoms with Crippen molar-refractivity contribution in [1.29, 1.82) is 0 Å². The standard InChI is InChI=1S/C26H44BrNO10/c27-6-8-30-10-12-32-14-16-34-18-20-36-22-23-37-21-19-35-17-15-33-13-11-31-9-7-28-26(29)38-24-25-4-2-1-3-5-25/h1-5H,6-24H2,(H,28,29). The van der Waals surface area contributed by atoms with Crippen LogP contribution in [0, 0.1) is 0 Å². The van der Waals surface area contributed by atoms with Gasteiger partial charge < -0.3 is 47.9 Å². The minimum Gasteiger partial charge on any atom is -0.445 e. The van der Waals surface area contributed by atoms with E-state index in [1.54, 1.807) is 0 Å². The van der Waals surface area contributed by atoms with Gasteiger partial charge in [0.1, 0.15) is 6.61 Å². The van der Waals surface area contributed by atoms with E-state index >= 15 is 0 Å². The van der Waals surface area contributed by atoms with Crippen molar-refractivity contribution in [2.75, 3.05) is 118 Å². The fourth-order valence-corrected chi connectivity index (χ4v) is 2.92. The molecule has 1 N–H and O–H groups in total. The van der Waals surface area contributed by atoms with Crippen LogP contribution in [-0.2, 0) is 49.2 Å². The van der Waals surface area contributed by atoms with Gasteiger partial charge in [-0.05, 0) is 5.56 Å². The molecule has 0 spiro atoms. The fraction of sp³-hybridized carbons (Fsp3) is 0.731. The summed E-state index contributed by atoms with van der Waals surface area (Å²) in [5.74, 6) is 0. The van der Waals surface area contributed by atoms with E-state index in [9.17, 15) is 4.79 Å². The number of hydrogen-bond acceptors (Lipinski definition) is 10. The highest BCUT2D eigenvalue weighted by molar-refractivity contribution is 9.09. The van der Waals surface area contributed by atoms with Crippen LogP contribution in [0.4, 0.5) is 4.79 Å². The van der Waals surface area contributed by atoms with E-state index in [2.05, 4.69) is 21.2 Å². The molecule has 1 aromatic rings. The monoisotopic (exact) mass is 609 g/mol. The minimum absolute atomic E-state index is 0.243. The van der Waals surface area contributed by atoms with Gasteiger partial charge in [0.15, 0.2) is 0 Å². The predicted molar refractivity (Wildman–Crippen MR) is 145 cm³/mol. The molecule has 0 aromatic heterocycles. The molecule has 0 bridgehead atoms. The van der Waals surface area contributed by atoms with E-state index in [0.29, 0.717) is 112 Å². The Morgan fingerprint density at radius 3 is 1.32 bits per heavy atom. The first-order chi connectivity index (χ1) is 18.8. The van der Waals surface area contributed by atoms with E-state index in [0.717, 1.165) is 10.9 Å². The van der Waals surface area contributed by atoms with Crippen molar-refractivity contribution < 1.29 is 47.4 Å². The first kappa shape index (κ1) is 34.7. The summed E-state index contributed by atoms with van der Waals surface area (Å²) in [6.07, 6.45) is -0.465. The van der Waals surface area contributed by atoms with Crippen LogP contribution in [0.1, 0.15) is 5.56 Å². The summed E-state index contributed by atoms with van der Waals surface area (Å²) in [6.45, 7) is 8.89. The number of nitrogens with one attached hydrogen (secondary N) is 1. The van der Waals surface area contributed by atoms with Crippen LogP contribution in [0.3, 0.4) is 0 Å². The molecule has 11 nitrogen and oxygen atoms in total. The number of hydrogen-bond donors (Lipinski definition) is 1. The smallest absolute Gasteiger partial charge is 0.407 e. The molecular weight excluding hydrogens is 566 g/mol. The van der Waals surface area contributed by atoms with E-state index in [1.165, 1.54) is 0 Å². The van der Waals surface area contributed by atoms with Gasteiger partial charge in [-0.25, -0.2) is 4.79 Å². The largest absolute Gasteiger partial charge is 0.445 e. The molecule has 12 heteroatoms. The molecule has 0 unspecified atom stereocenters. The maximum Gasteiger partial charge on any atom is 0.407 e. The van der Waals surface area contributed by atoms with Crippen molar-refractivity contribution in [1.82, 2.24) is 5.32 Å². The molecule has 38 heavy (non-hydrogen) atoms. The Balaban J connectivity index is 1.67. The van der Waals surface area contributed by atoms with Gasteiger partial charge in [-0.3, -0.25) is 0 Å². The normalized spacial score (nSPS) is 11.1. The Morgan fingerprint density at radius 1 is 0.553 bits per heavy atom. The third kappa shape index (κ3) is 25.0. The first-order valence-electron chi connectivity index (χ1n) is 13.0. The molecule has 0 aliphatic heterocycles. The summed E-state index contributed by atoms with van der Waals surface area (Å²) in [7, 11) is 0. The van der Waals surface area contributed by atoms with Gasteiger partial charge in [0.05, 0.1) is 106 Å². The van der Waals surface area contributed by atoms with Gasteiger partial charge in [0, 0.05) is 11.9 Å². The number of carbonyl (C=O) groups excluding carboxylic acids is 1. The molecular formula is C26H44BrNO10. The van der Waals surface area contributed by atoms with Gasteiger partial charge in [-0.1, -0.05) is 46.3 Å². The molecule has 0 fully saturated rings. The quantitative estimate of drug-likeness (QED) is 0.112. The molecule has 0 saturated heterocycles. The van der Waals surface area contributed by atoms with Gasteiger partial charge in [0.25, 0.3) is 0 Å². The van der Waals surface area contributed by atoms with Gasteiger partial charge in [-0.2, -0.15) is 0 Å². The number of amides is 1. The molecule has 220 valence electrons. The Bertz CT molecular complexity index is 629. The Kier molecular flexibility index (Phi) is 26.1. The number of ether oxygens (including phenoxy) is 9. The number of halogens is 1. The zero-order valence-corrected chi connectivity index (χ0v) is 23.9. The van der Waals surface area contributed by atoms with E-state index < -0.39 is 6.09 Å². The van der Waals surface area contributed by atoms with Gasteiger partial charge in [0.2, 0.25) is 0 Å². The summed E-state index contributed by atoms with van der Waals surface area (Å²) in [4.78, 5) is 11.6. The molecule has 1 rings (SSSR count). The maximum atomic E-state index is 11.6. The lowest BCUT2D eigenvalue weighted by molar-refractivity contribution is -0.0227. The van der Waals surface area contributed by atoms with Crippen LogP contribution in [-0.4, -0.2) is 124 Å². The molecule has 0 aliphatic rings. The van der Waals surface area contributed by atoms with Crippen molar-refractivity contribution >= 4 is 22.0 Å². The van der Waals surface area contributed by atoms with Crippen molar-refractivity contribution in [2.24, 2.45) is 0 Å². The minimum atomic E-state index is -0.465. The maximum absolute atomic E-state index is 11.6. The van der Waals surface area contributed by atoms with Gasteiger partial charge in [-0.15, -0.1) is 0 Å². The topological polar surface area (TPSA) is 112 Å². The molecule has 0 aliphatic carbocycles. The van der Waals surface area contributed by atoms with Crippen LogP contribution in [0.2, 0.25) is 0 Å². The van der Waals surface area contributed by atoms with Crippen LogP contribution < -0.4 is 5.32 Å². The van der Waals surface area contributed by atoms with Crippen LogP contribution in [0.25, 0.3) is 0 Å². The summed E-state index contributed by atoms with van der Waals surface area (Å²) in [5.41, 5.74) is 0.941. The highest BCUT2D eigenvalue weighted by Crippen LogP contribution is 2.00.